The van der Waals surface area contributed by atoms with Gasteiger partial charge < -0.3 is 15.8 Å². The molecule has 4 aromatic rings. The van der Waals surface area contributed by atoms with E-state index >= 15 is 0 Å². The lowest BCUT2D eigenvalue weighted by atomic mass is 10.1. The summed E-state index contributed by atoms with van der Waals surface area (Å²) in [7, 11) is 0. The Morgan fingerprint density at radius 1 is 1.13 bits per heavy atom. The van der Waals surface area contributed by atoms with Crippen molar-refractivity contribution >= 4 is 22.6 Å². The summed E-state index contributed by atoms with van der Waals surface area (Å²) in [5, 5.41) is 8.60. The van der Waals surface area contributed by atoms with Gasteiger partial charge >= 0.3 is 0 Å². The van der Waals surface area contributed by atoms with Crippen LogP contribution in [0, 0.1) is 0 Å². The van der Waals surface area contributed by atoms with Crippen LogP contribution in [-0.2, 0) is 24.3 Å². The van der Waals surface area contributed by atoms with Crippen molar-refractivity contribution in [2.45, 2.75) is 26.0 Å². The number of benzene rings is 2. The number of aromatic nitrogens is 4. The highest BCUT2D eigenvalue weighted by Gasteiger charge is 2.20. The number of amides is 1. The minimum atomic E-state index is -0.494. The van der Waals surface area contributed by atoms with E-state index in [2.05, 4.69) is 22.5 Å². The lowest BCUT2D eigenvalue weighted by molar-refractivity contribution is 0.100. The smallest absolute Gasteiger partial charge is 0.253 e. The highest BCUT2D eigenvalue weighted by Crippen LogP contribution is 2.26. The molecule has 1 aliphatic heterocycles. The highest BCUT2D eigenvalue weighted by molar-refractivity contribution is 6.05. The van der Waals surface area contributed by atoms with Crippen LogP contribution in [0.1, 0.15) is 33.6 Å². The topological polar surface area (TPSA) is 108 Å². The molecule has 2 aromatic heterocycles. The van der Waals surface area contributed by atoms with Gasteiger partial charge in [0.2, 0.25) is 5.91 Å². The minimum Gasteiger partial charge on any atom is -0.375 e. The summed E-state index contributed by atoms with van der Waals surface area (Å²) in [5.41, 5.74) is 9.76. The summed E-state index contributed by atoms with van der Waals surface area (Å²) in [6.07, 6.45) is 3.39. The third kappa shape index (κ3) is 3.73. The summed E-state index contributed by atoms with van der Waals surface area (Å²) in [5.74, 6) is 0.715. The Labute approximate surface area is 179 Å². The number of primary amides is 1. The number of anilines is 1. The van der Waals surface area contributed by atoms with Crippen molar-refractivity contribution in [1.29, 1.82) is 0 Å². The van der Waals surface area contributed by atoms with Gasteiger partial charge in [-0.05, 0) is 30.5 Å². The van der Waals surface area contributed by atoms with E-state index < -0.39 is 5.91 Å². The van der Waals surface area contributed by atoms with Crippen LogP contribution in [0.5, 0.6) is 0 Å². The summed E-state index contributed by atoms with van der Waals surface area (Å²) in [6.45, 7) is 1.77. The maximum atomic E-state index is 11.8. The van der Waals surface area contributed by atoms with E-state index in [9.17, 15) is 4.79 Å². The molecule has 0 aliphatic carbocycles. The molecule has 3 N–H and O–H groups in total. The van der Waals surface area contributed by atoms with E-state index in [0.29, 0.717) is 36.7 Å². The molecule has 0 unspecified atom stereocenters. The Morgan fingerprint density at radius 2 is 2.00 bits per heavy atom. The van der Waals surface area contributed by atoms with Gasteiger partial charge in [0, 0.05) is 24.1 Å². The molecule has 5 rings (SSSR count). The van der Waals surface area contributed by atoms with E-state index in [1.165, 1.54) is 0 Å². The van der Waals surface area contributed by atoms with Gasteiger partial charge in [-0.15, -0.1) is 0 Å². The SMILES string of the molecule is NC(=O)c1cccc2c1cnn2-c1nc2c(c(NCc3ccccc3)n1)CCCOC2. The van der Waals surface area contributed by atoms with Crippen LogP contribution in [0.15, 0.2) is 54.7 Å². The minimum absolute atomic E-state index is 0.421. The van der Waals surface area contributed by atoms with Crippen molar-refractivity contribution in [3.05, 3.63) is 77.1 Å². The molecular formula is C23H22N6O2. The summed E-state index contributed by atoms with van der Waals surface area (Å²) in [4.78, 5) is 21.4. The molecule has 8 heteroatoms. The second-order valence-corrected chi connectivity index (χ2v) is 7.45. The summed E-state index contributed by atoms with van der Waals surface area (Å²) >= 11 is 0. The molecule has 0 fully saturated rings. The molecule has 3 heterocycles. The molecule has 31 heavy (non-hydrogen) atoms. The van der Waals surface area contributed by atoms with Crippen LogP contribution in [-0.4, -0.2) is 32.3 Å². The average Bonchev–Trinajstić information content (AvgIpc) is 3.08. The van der Waals surface area contributed by atoms with E-state index in [1.807, 2.05) is 24.3 Å². The predicted octanol–water partition coefficient (Wildman–Crippen LogP) is 2.99. The molecule has 1 aliphatic rings. The van der Waals surface area contributed by atoms with Crippen molar-refractivity contribution in [3.63, 3.8) is 0 Å². The first kappa shape index (κ1) is 19.2. The standard InChI is InChI=1S/C23H22N6O2/c24-21(30)16-8-4-10-20-18(16)13-26-29(20)23-27-19-14-31-11-5-9-17(19)22(28-23)25-12-15-6-2-1-3-7-15/h1-4,6-8,10,13H,5,9,11-12,14H2,(H2,24,30)(H,25,27,28). The third-order valence-corrected chi connectivity index (χ3v) is 5.41. The van der Waals surface area contributed by atoms with Crippen LogP contribution in [0.25, 0.3) is 16.9 Å². The normalized spacial score (nSPS) is 13.5. The number of nitrogens with one attached hydrogen (secondary N) is 1. The zero-order valence-corrected chi connectivity index (χ0v) is 16.9. The van der Waals surface area contributed by atoms with E-state index in [4.69, 9.17) is 20.4 Å². The first-order valence-corrected chi connectivity index (χ1v) is 10.2. The van der Waals surface area contributed by atoms with Gasteiger partial charge in [-0.25, -0.2) is 4.98 Å². The van der Waals surface area contributed by atoms with Gasteiger partial charge in [0.25, 0.3) is 5.95 Å². The predicted molar refractivity (Wildman–Crippen MR) is 117 cm³/mol. The number of hydrogen-bond acceptors (Lipinski definition) is 6. The van der Waals surface area contributed by atoms with Crippen molar-refractivity contribution in [2.24, 2.45) is 5.73 Å². The van der Waals surface area contributed by atoms with Crippen LogP contribution in [0.4, 0.5) is 5.82 Å². The number of ether oxygens (including phenoxy) is 1. The maximum absolute atomic E-state index is 11.8. The largest absolute Gasteiger partial charge is 0.375 e. The van der Waals surface area contributed by atoms with Crippen molar-refractivity contribution < 1.29 is 9.53 Å². The van der Waals surface area contributed by atoms with Gasteiger partial charge in [0.05, 0.1) is 29.6 Å². The number of carbonyl (C=O) groups excluding carboxylic acids is 1. The molecule has 0 atom stereocenters. The fourth-order valence-electron chi connectivity index (χ4n) is 3.87. The molecule has 1 amide bonds. The molecule has 0 radical (unpaired) electrons. The lowest BCUT2D eigenvalue weighted by Crippen LogP contribution is -2.13. The average molecular weight is 414 g/mol. The van der Waals surface area contributed by atoms with Crippen LogP contribution < -0.4 is 11.1 Å². The number of hydrogen-bond donors (Lipinski definition) is 2. The molecule has 8 nitrogen and oxygen atoms in total. The Hall–Kier alpha value is -3.78. The number of nitrogens with zero attached hydrogens (tertiary/aromatic N) is 4. The fourth-order valence-corrected chi connectivity index (χ4v) is 3.87. The van der Waals surface area contributed by atoms with Gasteiger partial charge in [-0.1, -0.05) is 36.4 Å². The van der Waals surface area contributed by atoms with Gasteiger partial charge in [0.1, 0.15) is 5.82 Å². The van der Waals surface area contributed by atoms with Crippen molar-refractivity contribution in [1.82, 2.24) is 19.7 Å². The molecular weight excluding hydrogens is 392 g/mol. The van der Waals surface area contributed by atoms with Crippen molar-refractivity contribution in [3.8, 4) is 5.95 Å². The highest BCUT2D eigenvalue weighted by atomic mass is 16.5. The Kier molecular flexibility index (Phi) is 5.05. The number of rotatable bonds is 5. The molecule has 0 bridgehead atoms. The molecule has 156 valence electrons. The van der Waals surface area contributed by atoms with Crippen LogP contribution in [0.2, 0.25) is 0 Å². The Balaban J connectivity index is 1.59. The fraction of sp³-hybridized carbons (Fsp3) is 0.217. The van der Waals surface area contributed by atoms with E-state index in [1.54, 1.807) is 23.0 Å². The van der Waals surface area contributed by atoms with E-state index in [0.717, 1.165) is 41.0 Å². The quantitative estimate of drug-likeness (QED) is 0.520. The van der Waals surface area contributed by atoms with Crippen LogP contribution >= 0.6 is 0 Å². The van der Waals surface area contributed by atoms with Crippen molar-refractivity contribution in [2.75, 3.05) is 11.9 Å². The molecule has 2 aromatic carbocycles. The van der Waals surface area contributed by atoms with E-state index in [-0.39, 0.29) is 0 Å². The first-order valence-electron chi connectivity index (χ1n) is 10.2. The van der Waals surface area contributed by atoms with Gasteiger partial charge in [-0.3, -0.25) is 4.79 Å². The molecule has 0 saturated carbocycles. The Morgan fingerprint density at radius 3 is 2.84 bits per heavy atom. The zero-order valence-electron chi connectivity index (χ0n) is 16.9. The second-order valence-electron chi connectivity index (χ2n) is 7.45. The van der Waals surface area contributed by atoms with Gasteiger partial charge in [-0.2, -0.15) is 14.8 Å². The molecule has 0 saturated heterocycles. The molecule has 0 spiro atoms. The maximum Gasteiger partial charge on any atom is 0.253 e. The summed E-state index contributed by atoms with van der Waals surface area (Å²) in [6, 6.07) is 15.5. The Bertz CT molecular complexity index is 1250. The summed E-state index contributed by atoms with van der Waals surface area (Å²) < 4.78 is 7.38. The number of nitrogens with two attached hydrogens (primary N) is 1. The zero-order chi connectivity index (χ0) is 21.2. The first-order chi connectivity index (χ1) is 15.2. The third-order valence-electron chi connectivity index (χ3n) is 5.41. The van der Waals surface area contributed by atoms with Crippen LogP contribution in [0.3, 0.4) is 0 Å². The monoisotopic (exact) mass is 414 g/mol. The number of fused-ring (bicyclic) bond motifs is 2. The van der Waals surface area contributed by atoms with Gasteiger partial charge in [0.15, 0.2) is 0 Å². The number of carbonyl (C=O) groups is 1. The second kappa shape index (κ2) is 8.16. The lowest BCUT2D eigenvalue weighted by Gasteiger charge is -2.15.